The minimum Gasteiger partial charge on any atom is -0.392 e. The molecule has 1 aromatic carbocycles. The van der Waals surface area contributed by atoms with Crippen LogP contribution in [0.4, 0.5) is 8.78 Å². The molecule has 2 rings (SSSR count). The molecule has 82 valence electrons. The maximum Gasteiger partial charge on any atom is 0.159 e. The SMILES string of the molecule is OCc1ccc(-c2ccc(F)c(F)c2)nc1. The average Bonchev–Trinajstić information content (AvgIpc) is 2.33. The van der Waals surface area contributed by atoms with Gasteiger partial charge in [0.1, 0.15) is 0 Å². The molecule has 0 spiro atoms. The lowest BCUT2D eigenvalue weighted by molar-refractivity contribution is 0.281. The van der Waals surface area contributed by atoms with E-state index in [0.29, 0.717) is 16.8 Å². The van der Waals surface area contributed by atoms with Crippen LogP contribution in [-0.4, -0.2) is 10.1 Å². The first kappa shape index (κ1) is 10.7. The van der Waals surface area contributed by atoms with Crippen molar-refractivity contribution in [2.24, 2.45) is 0 Å². The molecule has 4 heteroatoms. The summed E-state index contributed by atoms with van der Waals surface area (Å²) in [6, 6.07) is 6.95. The van der Waals surface area contributed by atoms with Crippen LogP contribution >= 0.6 is 0 Å². The summed E-state index contributed by atoms with van der Waals surface area (Å²) < 4.78 is 25.7. The highest BCUT2D eigenvalue weighted by Crippen LogP contribution is 2.19. The number of pyridine rings is 1. The largest absolute Gasteiger partial charge is 0.392 e. The molecule has 16 heavy (non-hydrogen) atoms. The molecule has 0 aliphatic heterocycles. The molecule has 1 N–H and O–H groups in total. The lowest BCUT2D eigenvalue weighted by atomic mass is 10.1. The maximum atomic E-state index is 13.0. The van der Waals surface area contributed by atoms with Crippen molar-refractivity contribution in [2.45, 2.75) is 6.61 Å². The molecule has 0 aliphatic carbocycles. The van der Waals surface area contributed by atoms with Gasteiger partial charge in [-0.05, 0) is 29.8 Å². The number of aromatic nitrogens is 1. The second kappa shape index (κ2) is 4.37. The zero-order valence-corrected chi connectivity index (χ0v) is 8.32. The first-order chi connectivity index (χ1) is 7.70. The van der Waals surface area contributed by atoms with Crippen molar-refractivity contribution < 1.29 is 13.9 Å². The highest BCUT2D eigenvalue weighted by Gasteiger charge is 2.05. The fraction of sp³-hybridized carbons (Fsp3) is 0.0833. The predicted octanol–water partition coefficient (Wildman–Crippen LogP) is 2.52. The first-order valence-electron chi connectivity index (χ1n) is 4.72. The molecule has 0 amide bonds. The van der Waals surface area contributed by atoms with E-state index in [2.05, 4.69) is 4.98 Å². The highest BCUT2D eigenvalue weighted by atomic mass is 19.2. The molecule has 0 bridgehead atoms. The van der Waals surface area contributed by atoms with E-state index in [1.165, 1.54) is 12.3 Å². The Balaban J connectivity index is 2.38. The standard InChI is InChI=1S/C12H9F2NO/c13-10-3-2-9(5-11(10)14)12-4-1-8(7-16)6-15-12/h1-6,16H,7H2. The Morgan fingerprint density at radius 2 is 1.88 bits per heavy atom. The second-order valence-corrected chi connectivity index (χ2v) is 3.34. The van der Waals surface area contributed by atoms with Gasteiger partial charge in [0.15, 0.2) is 11.6 Å². The molecule has 0 radical (unpaired) electrons. The van der Waals surface area contributed by atoms with Gasteiger partial charge in [-0.15, -0.1) is 0 Å². The molecular formula is C12H9F2NO. The Hall–Kier alpha value is -1.81. The molecule has 2 nitrogen and oxygen atoms in total. The summed E-state index contributed by atoms with van der Waals surface area (Å²) in [5, 5.41) is 8.83. The Labute approximate surface area is 91.2 Å². The van der Waals surface area contributed by atoms with Crippen molar-refractivity contribution in [3.05, 3.63) is 53.7 Å². The maximum absolute atomic E-state index is 13.0. The van der Waals surface area contributed by atoms with Crippen LogP contribution < -0.4 is 0 Å². The zero-order valence-electron chi connectivity index (χ0n) is 8.32. The minimum atomic E-state index is -0.898. The van der Waals surface area contributed by atoms with Crippen molar-refractivity contribution in [3.63, 3.8) is 0 Å². The Morgan fingerprint density at radius 3 is 2.44 bits per heavy atom. The second-order valence-electron chi connectivity index (χ2n) is 3.34. The summed E-state index contributed by atoms with van der Waals surface area (Å²) in [4.78, 5) is 4.04. The van der Waals surface area contributed by atoms with Gasteiger partial charge < -0.3 is 5.11 Å². The van der Waals surface area contributed by atoms with Gasteiger partial charge in [-0.25, -0.2) is 8.78 Å². The Bertz CT molecular complexity index is 497. The molecule has 0 aliphatic rings. The van der Waals surface area contributed by atoms with E-state index in [0.717, 1.165) is 12.1 Å². The van der Waals surface area contributed by atoms with Gasteiger partial charge in [0.05, 0.1) is 12.3 Å². The normalized spacial score (nSPS) is 10.4. The Morgan fingerprint density at radius 1 is 1.06 bits per heavy atom. The highest BCUT2D eigenvalue weighted by molar-refractivity contribution is 5.59. The van der Waals surface area contributed by atoms with Crippen LogP contribution in [0, 0.1) is 11.6 Å². The summed E-state index contributed by atoms with van der Waals surface area (Å²) in [5.74, 6) is -1.78. The van der Waals surface area contributed by atoms with E-state index in [1.807, 2.05) is 0 Å². The van der Waals surface area contributed by atoms with Gasteiger partial charge in [0.25, 0.3) is 0 Å². The van der Waals surface area contributed by atoms with Crippen LogP contribution in [0.1, 0.15) is 5.56 Å². The van der Waals surface area contributed by atoms with Crippen LogP contribution in [-0.2, 0) is 6.61 Å². The molecule has 0 saturated heterocycles. The number of rotatable bonds is 2. The van der Waals surface area contributed by atoms with Crippen molar-refractivity contribution in [1.29, 1.82) is 0 Å². The quantitative estimate of drug-likeness (QED) is 0.845. The fourth-order valence-electron chi connectivity index (χ4n) is 1.34. The van der Waals surface area contributed by atoms with Gasteiger partial charge in [-0.2, -0.15) is 0 Å². The number of nitrogens with zero attached hydrogens (tertiary/aromatic N) is 1. The molecule has 2 aromatic rings. The summed E-state index contributed by atoms with van der Waals surface area (Å²) in [7, 11) is 0. The number of aliphatic hydroxyl groups excluding tert-OH is 1. The molecule has 0 atom stereocenters. The number of hydrogen-bond donors (Lipinski definition) is 1. The zero-order chi connectivity index (χ0) is 11.5. The van der Waals surface area contributed by atoms with Crippen LogP contribution in [0.3, 0.4) is 0 Å². The summed E-state index contributed by atoms with van der Waals surface area (Å²) in [6.45, 7) is -0.0922. The smallest absolute Gasteiger partial charge is 0.159 e. The van der Waals surface area contributed by atoms with E-state index in [4.69, 9.17) is 5.11 Å². The van der Waals surface area contributed by atoms with Gasteiger partial charge >= 0.3 is 0 Å². The van der Waals surface area contributed by atoms with Crippen LogP contribution in [0.5, 0.6) is 0 Å². The first-order valence-corrected chi connectivity index (χ1v) is 4.72. The van der Waals surface area contributed by atoms with Crippen molar-refractivity contribution in [3.8, 4) is 11.3 Å². The number of aliphatic hydroxyl groups is 1. The van der Waals surface area contributed by atoms with Crippen molar-refractivity contribution in [1.82, 2.24) is 4.98 Å². The van der Waals surface area contributed by atoms with Crippen LogP contribution in [0.15, 0.2) is 36.5 Å². The molecule has 0 unspecified atom stereocenters. The summed E-state index contributed by atoms with van der Waals surface area (Å²) in [5.41, 5.74) is 1.71. The molecule has 0 fully saturated rings. The number of hydrogen-bond acceptors (Lipinski definition) is 2. The predicted molar refractivity (Wildman–Crippen MR) is 55.5 cm³/mol. The molecular weight excluding hydrogens is 212 g/mol. The third-order valence-electron chi connectivity index (χ3n) is 2.22. The third-order valence-corrected chi connectivity index (χ3v) is 2.22. The lowest BCUT2D eigenvalue weighted by Crippen LogP contribution is -1.90. The number of benzene rings is 1. The Kier molecular flexibility index (Phi) is 2.92. The lowest BCUT2D eigenvalue weighted by Gasteiger charge is -2.02. The topological polar surface area (TPSA) is 33.1 Å². The van der Waals surface area contributed by atoms with Gasteiger partial charge in [-0.3, -0.25) is 4.98 Å². The number of halogens is 2. The fourth-order valence-corrected chi connectivity index (χ4v) is 1.34. The monoisotopic (exact) mass is 221 g/mol. The van der Waals surface area contributed by atoms with Gasteiger partial charge in [0, 0.05) is 11.8 Å². The van der Waals surface area contributed by atoms with E-state index < -0.39 is 11.6 Å². The minimum absolute atomic E-state index is 0.0922. The average molecular weight is 221 g/mol. The van der Waals surface area contributed by atoms with Gasteiger partial charge in [0.2, 0.25) is 0 Å². The van der Waals surface area contributed by atoms with Crippen molar-refractivity contribution >= 4 is 0 Å². The summed E-state index contributed by atoms with van der Waals surface area (Å²) >= 11 is 0. The van der Waals surface area contributed by atoms with E-state index in [9.17, 15) is 8.78 Å². The molecule has 1 heterocycles. The van der Waals surface area contributed by atoms with Crippen molar-refractivity contribution in [2.75, 3.05) is 0 Å². The molecule has 1 aromatic heterocycles. The summed E-state index contributed by atoms with van der Waals surface area (Å²) in [6.07, 6.45) is 1.50. The third kappa shape index (κ3) is 2.06. The van der Waals surface area contributed by atoms with Crippen LogP contribution in [0.2, 0.25) is 0 Å². The van der Waals surface area contributed by atoms with E-state index in [-0.39, 0.29) is 6.61 Å². The van der Waals surface area contributed by atoms with Crippen LogP contribution in [0.25, 0.3) is 11.3 Å². The van der Waals surface area contributed by atoms with E-state index >= 15 is 0 Å². The van der Waals surface area contributed by atoms with E-state index in [1.54, 1.807) is 12.1 Å². The molecule has 0 saturated carbocycles. The van der Waals surface area contributed by atoms with Gasteiger partial charge in [-0.1, -0.05) is 6.07 Å².